The highest BCUT2D eigenvalue weighted by atomic mass is 127. The number of rotatable bonds is 8. The van der Waals surface area contributed by atoms with Crippen molar-refractivity contribution in [3.05, 3.63) is 69.2 Å². The lowest BCUT2D eigenvalue weighted by molar-refractivity contribution is 0.268. The molecule has 29 heavy (non-hydrogen) atoms. The molecule has 0 amide bonds. The summed E-state index contributed by atoms with van der Waals surface area (Å²) >= 11 is 2.20. The van der Waals surface area contributed by atoms with Crippen LogP contribution in [-0.2, 0) is 13.0 Å². The fourth-order valence-corrected chi connectivity index (χ4v) is 3.39. The van der Waals surface area contributed by atoms with Gasteiger partial charge in [0.2, 0.25) is 5.88 Å². The van der Waals surface area contributed by atoms with Crippen LogP contribution in [0.1, 0.15) is 18.1 Å². The maximum atomic E-state index is 6.48. The first-order chi connectivity index (χ1) is 13.9. The lowest BCUT2D eigenvalue weighted by Crippen LogP contribution is -2.57. The number of hydrogen-bond donors (Lipinski definition) is 3. The van der Waals surface area contributed by atoms with Crippen molar-refractivity contribution < 1.29 is 14.2 Å². The van der Waals surface area contributed by atoms with Crippen LogP contribution in [0, 0.1) is 0 Å². The Bertz CT molecular complexity index is 915. The fraction of sp³-hybridized carbons (Fsp3) is 0.286. The number of dihydropyridines is 1. The zero-order valence-electron chi connectivity index (χ0n) is 16.4. The quantitative estimate of drug-likeness (QED) is 0.471. The number of aromatic nitrogens is 1. The van der Waals surface area contributed by atoms with Crippen LogP contribution in [-0.4, -0.2) is 24.4 Å². The Kier molecular flexibility index (Phi) is 6.86. The average molecular weight is 508 g/mol. The van der Waals surface area contributed by atoms with Gasteiger partial charge in [0.15, 0.2) is 11.5 Å². The highest BCUT2D eigenvalue weighted by Crippen LogP contribution is 2.31. The molecule has 0 bridgehead atoms. The summed E-state index contributed by atoms with van der Waals surface area (Å²) in [5.74, 6) is 1.89. The van der Waals surface area contributed by atoms with Crippen molar-refractivity contribution in [3.63, 3.8) is 0 Å². The predicted octanol–water partition coefficient (Wildman–Crippen LogP) is 2.99. The molecule has 0 saturated carbocycles. The first-order valence-corrected chi connectivity index (χ1v) is 10.3. The van der Waals surface area contributed by atoms with Gasteiger partial charge in [0.1, 0.15) is 12.3 Å². The van der Waals surface area contributed by atoms with Crippen LogP contribution in [0.3, 0.4) is 0 Å². The van der Waals surface area contributed by atoms with Crippen LogP contribution >= 0.6 is 22.6 Å². The average Bonchev–Trinajstić information content (AvgIpc) is 2.71. The summed E-state index contributed by atoms with van der Waals surface area (Å²) in [7, 11) is 1.59. The van der Waals surface area contributed by atoms with E-state index in [9.17, 15) is 0 Å². The van der Waals surface area contributed by atoms with Crippen LogP contribution in [0.4, 0.5) is 0 Å². The summed E-state index contributed by atoms with van der Waals surface area (Å²) in [4.78, 5) is 4.19. The molecule has 1 aliphatic heterocycles. The van der Waals surface area contributed by atoms with Crippen LogP contribution < -0.4 is 31.0 Å². The molecule has 1 atom stereocenters. The predicted molar refractivity (Wildman–Crippen MR) is 121 cm³/mol. The van der Waals surface area contributed by atoms with Crippen LogP contribution in [0.15, 0.2) is 58.1 Å². The van der Waals surface area contributed by atoms with Gasteiger partial charge in [-0.3, -0.25) is 0 Å². The highest BCUT2D eigenvalue weighted by Gasteiger charge is 2.30. The molecule has 7 nitrogen and oxygen atoms in total. The summed E-state index contributed by atoms with van der Waals surface area (Å²) in [5, 5.41) is 3.19. The number of halogens is 1. The molecule has 1 aromatic carbocycles. The molecule has 0 radical (unpaired) electrons. The topological polar surface area (TPSA) is 105 Å². The van der Waals surface area contributed by atoms with Gasteiger partial charge in [0, 0.05) is 34.0 Å². The zero-order chi connectivity index (χ0) is 20.9. The van der Waals surface area contributed by atoms with Crippen LogP contribution in [0.25, 0.3) is 0 Å². The SMILES string of the molecule is CCOc1cc(CC2(N)NC=C(I)C=C2N)ccc1OCc1ccc(OC)nc1. The summed E-state index contributed by atoms with van der Waals surface area (Å²) in [6, 6.07) is 9.52. The Hall–Kier alpha value is -2.46. The fourth-order valence-electron chi connectivity index (χ4n) is 2.90. The van der Waals surface area contributed by atoms with E-state index in [2.05, 4.69) is 32.9 Å². The van der Waals surface area contributed by atoms with E-state index in [1.807, 2.05) is 43.5 Å². The number of nitrogens with two attached hydrogens (primary N) is 2. The van der Waals surface area contributed by atoms with Crippen molar-refractivity contribution in [2.75, 3.05) is 13.7 Å². The van der Waals surface area contributed by atoms with Gasteiger partial charge in [-0.15, -0.1) is 0 Å². The van der Waals surface area contributed by atoms with E-state index in [4.69, 9.17) is 25.7 Å². The van der Waals surface area contributed by atoms with Crippen molar-refractivity contribution in [2.45, 2.75) is 25.6 Å². The highest BCUT2D eigenvalue weighted by molar-refractivity contribution is 14.1. The van der Waals surface area contributed by atoms with E-state index < -0.39 is 5.66 Å². The third-order valence-electron chi connectivity index (χ3n) is 4.47. The molecule has 1 aromatic heterocycles. The van der Waals surface area contributed by atoms with Crippen molar-refractivity contribution in [1.29, 1.82) is 0 Å². The summed E-state index contributed by atoms with van der Waals surface area (Å²) < 4.78 is 17.8. The van der Waals surface area contributed by atoms with Gasteiger partial charge >= 0.3 is 0 Å². The largest absolute Gasteiger partial charge is 0.490 e. The van der Waals surface area contributed by atoms with Crippen molar-refractivity contribution in [2.24, 2.45) is 11.5 Å². The Morgan fingerprint density at radius 2 is 1.93 bits per heavy atom. The van der Waals surface area contributed by atoms with E-state index in [1.54, 1.807) is 19.4 Å². The van der Waals surface area contributed by atoms with Crippen molar-refractivity contribution in [3.8, 4) is 17.4 Å². The molecule has 0 aliphatic carbocycles. The van der Waals surface area contributed by atoms with Gasteiger partial charge in [-0.25, -0.2) is 4.98 Å². The number of ether oxygens (including phenoxy) is 3. The van der Waals surface area contributed by atoms with Gasteiger partial charge in [0.25, 0.3) is 0 Å². The van der Waals surface area contributed by atoms with E-state index in [-0.39, 0.29) is 0 Å². The molecule has 8 heteroatoms. The molecule has 0 spiro atoms. The first kappa shape index (κ1) is 21.3. The Morgan fingerprint density at radius 1 is 1.14 bits per heavy atom. The van der Waals surface area contributed by atoms with Crippen molar-refractivity contribution >= 4 is 22.6 Å². The number of nitrogens with zero attached hydrogens (tertiary/aromatic N) is 1. The Morgan fingerprint density at radius 3 is 2.59 bits per heavy atom. The summed E-state index contributed by atoms with van der Waals surface area (Å²) in [5.41, 5.74) is 14.3. The monoisotopic (exact) mass is 508 g/mol. The van der Waals surface area contributed by atoms with Crippen LogP contribution in [0.2, 0.25) is 0 Å². The molecule has 3 rings (SSSR count). The molecule has 2 heterocycles. The summed E-state index contributed by atoms with van der Waals surface area (Å²) in [6.07, 6.45) is 5.98. The van der Waals surface area contributed by atoms with Crippen LogP contribution in [0.5, 0.6) is 17.4 Å². The van der Waals surface area contributed by atoms with Gasteiger partial charge in [0.05, 0.1) is 19.4 Å². The summed E-state index contributed by atoms with van der Waals surface area (Å²) in [6.45, 7) is 2.83. The third kappa shape index (κ3) is 5.33. The second-order valence-electron chi connectivity index (χ2n) is 6.63. The molecule has 0 saturated heterocycles. The van der Waals surface area contributed by atoms with Gasteiger partial charge in [-0.05, 0) is 59.4 Å². The van der Waals surface area contributed by atoms with Crippen molar-refractivity contribution in [1.82, 2.24) is 10.3 Å². The van der Waals surface area contributed by atoms with Gasteiger partial charge < -0.3 is 31.0 Å². The number of methoxy groups -OCH3 is 1. The minimum Gasteiger partial charge on any atom is -0.490 e. The number of nitrogens with one attached hydrogen (secondary N) is 1. The zero-order valence-corrected chi connectivity index (χ0v) is 18.6. The molecular weight excluding hydrogens is 483 g/mol. The second kappa shape index (κ2) is 9.36. The van der Waals surface area contributed by atoms with E-state index >= 15 is 0 Å². The molecule has 154 valence electrons. The maximum Gasteiger partial charge on any atom is 0.212 e. The third-order valence-corrected chi connectivity index (χ3v) is 5.09. The normalized spacial score (nSPS) is 18.3. The maximum absolute atomic E-state index is 6.48. The lowest BCUT2D eigenvalue weighted by atomic mass is 9.95. The molecule has 0 fully saturated rings. The Labute approximate surface area is 184 Å². The lowest BCUT2D eigenvalue weighted by Gasteiger charge is -2.33. The number of hydrogen-bond acceptors (Lipinski definition) is 7. The molecule has 5 N–H and O–H groups in total. The van der Waals surface area contributed by atoms with Gasteiger partial charge in [-0.1, -0.05) is 6.07 Å². The van der Waals surface area contributed by atoms with Gasteiger partial charge in [-0.2, -0.15) is 0 Å². The standard InChI is InChI=1S/C21H25IN4O3/c1-3-28-18-8-14(10-21(24)19(23)9-16(22)12-26-21)4-6-17(18)29-13-15-5-7-20(27-2)25-11-15/h4-9,11-12,26H,3,10,13,23-24H2,1-2H3. The minimum atomic E-state index is -0.838. The number of benzene rings is 1. The number of allylic oxidation sites excluding steroid dienone is 2. The smallest absolute Gasteiger partial charge is 0.212 e. The van der Waals surface area contributed by atoms with E-state index in [0.717, 1.165) is 14.7 Å². The molecular formula is C21H25IN4O3. The minimum absolute atomic E-state index is 0.373. The van der Waals surface area contributed by atoms with E-state index in [0.29, 0.717) is 42.7 Å². The number of pyridine rings is 1. The molecule has 2 aromatic rings. The Balaban J connectivity index is 1.73. The van der Waals surface area contributed by atoms with E-state index in [1.165, 1.54) is 0 Å². The second-order valence-corrected chi connectivity index (χ2v) is 7.88. The molecule has 1 unspecified atom stereocenters. The first-order valence-electron chi connectivity index (χ1n) is 9.21. The molecule has 1 aliphatic rings.